The molecule has 2 aromatic rings. The molecule has 0 amide bonds. The van der Waals surface area contributed by atoms with E-state index in [0.717, 1.165) is 62.2 Å². The number of piperazine rings is 1. The molecule has 3 N–H and O–H groups in total. The van der Waals surface area contributed by atoms with E-state index in [1.807, 2.05) is 40.1 Å². The zero-order valence-corrected chi connectivity index (χ0v) is 20.9. The van der Waals surface area contributed by atoms with Crippen LogP contribution in [0.2, 0.25) is 0 Å². The number of carboxylic acid groups (broad SMARTS) is 1. The lowest BCUT2D eigenvalue weighted by molar-refractivity contribution is -0.138. The predicted molar refractivity (Wildman–Crippen MR) is 139 cm³/mol. The first-order valence-corrected chi connectivity index (χ1v) is 13.1. The first kappa shape index (κ1) is 25.4. The number of piperidine rings is 1. The Labute approximate surface area is 216 Å². The van der Waals surface area contributed by atoms with Gasteiger partial charge >= 0.3 is 5.97 Å². The number of nitrogens with zero attached hydrogens (tertiary/aromatic N) is 3. The average molecular weight is 508 g/mol. The molecule has 0 saturated carbocycles. The van der Waals surface area contributed by atoms with Gasteiger partial charge in [-0.05, 0) is 49.9 Å². The van der Waals surface area contributed by atoms with Gasteiger partial charge in [0.1, 0.15) is 17.8 Å². The Morgan fingerprint density at radius 2 is 1.89 bits per heavy atom. The van der Waals surface area contributed by atoms with Crippen molar-refractivity contribution >= 4 is 17.5 Å². The molecule has 8 nitrogen and oxygen atoms in total. The van der Waals surface area contributed by atoms with Crippen LogP contribution >= 0.6 is 0 Å². The summed E-state index contributed by atoms with van der Waals surface area (Å²) >= 11 is 0. The van der Waals surface area contributed by atoms with Gasteiger partial charge in [0.15, 0.2) is 0 Å². The number of benzene rings is 2. The van der Waals surface area contributed by atoms with E-state index in [1.165, 1.54) is 6.07 Å². The van der Waals surface area contributed by atoms with E-state index in [-0.39, 0.29) is 24.5 Å². The predicted octanol–water partition coefficient (Wildman–Crippen LogP) is 3.48. The number of carbonyl (C=O) groups is 1. The summed E-state index contributed by atoms with van der Waals surface area (Å²) in [6.07, 6.45) is 3.70. The third kappa shape index (κ3) is 5.99. The molecule has 2 fully saturated rings. The molecule has 196 valence electrons. The van der Waals surface area contributed by atoms with Gasteiger partial charge in [-0.1, -0.05) is 47.6 Å². The van der Waals surface area contributed by atoms with Crippen LogP contribution in [-0.4, -0.2) is 77.8 Å². The molecule has 0 bridgehead atoms. The maximum absolute atomic E-state index is 14.5. The molecule has 3 aliphatic heterocycles. The molecule has 0 radical (unpaired) electrons. The van der Waals surface area contributed by atoms with E-state index >= 15 is 0 Å². The molecule has 2 atom stereocenters. The summed E-state index contributed by atoms with van der Waals surface area (Å²) in [7, 11) is 0. The number of hydrogen-bond acceptors (Lipinski definition) is 6. The van der Waals surface area contributed by atoms with E-state index < -0.39 is 5.97 Å². The summed E-state index contributed by atoms with van der Waals surface area (Å²) in [5.74, 6) is -0.106. The summed E-state index contributed by atoms with van der Waals surface area (Å²) in [6, 6.07) is 14.4. The molecule has 2 unspecified atom stereocenters. The van der Waals surface area contributed by atoms with E-state index in [0.29, 0.717) is 30.4 Å². The highest BCUT2D eigenvalue weighted by molar-refractivity contribution is 6.03. The van der Waals surface area contributed by atoms with Crippen molar-refractivity contribution in [3.05, 3.63) is 71.0 Å². The van der Waals surface area contributed by atoms with E-state index in [4.69, 9.17) is 15.4 Å². The first-order chi connectivity index (χ1) is 18.0. The summed E-state index contributed by atoms with van der Waals surface area (Å²) < 4.78 is 14.5. The molecule has 3 aliphatic rings. The number of likely N-dealkylation sites (tertiary alicyclic amines) is 1. The van der Waals surface area contributed by atoms with Crippen LogP contribution in [0.25, 0.3) is 0 Å². The van der Waals surface area contributed by atoms with Crippen LogP contribution in [0.3, 0.4) is 0 Å². The van der Waals surface area contributed by atoms with Gasteiger partial charge in [0.2, 0.25) is 0 Å². The minimum atomic E-state index is -0.769. The van der Waals surface area contributed by atoms with Crippen molar-refractivity contribution in [1.82, 2.24) is 15.1 Å². The second kappa shape index (κ2) is 11.4. The zero-order chi connectivity index (χ0) is 25.8. The second-order valence-corrected chi connectivity index (χ2v) is 10.2. The molecular weight excluding hydrogens is 473 g/mol. The van der Waals surface area contributed by atoms with Crippen molar-refractivity contribution < 1.29 is 19.1 Å². The number of halogens is 1. The Morgan fingerprint density at radius 1 is 1.14 bits per heavy atom. The summed E-state index contributed by atoms with van der Waals surface area (Å²) in [5.41, 5.74) is 3.29. The summed E-state index contributed by atoms with van der Waals surface area (Å²) in [5, 5.41) is 25.5. The van der Waals surface area contributed by atoms with Crippen molar-refractivity contribution in [1.29, 1.82) is 5.41 Å². The van der Waals surface area contributed by atoms with Gasteiger partial charge in [-0.15, -0.1) is 0 Å². The van der Waals surface area contributed by atoms with E-state index in [2.05, 4.69) is 10.5 Å². The lowest BCUT2D eigenvalue weighted by Gasteiger charge is -2.38. The fraction of sp³-hybridized carbons (Fsp3) is 0.464. The van der Waals surface area contributed by atoms with Crippen molar-refractivity contribution in [2.75, 3.05) is 39.3 Å². The van der Waals surface area contributed by atoms with E-state index in [1.54, 1.807) is 12.1 Å². The third-order valence-electron chi connectivity index (χ3n) is 7.68. The molecule has 2 aromatic carbocycles. The number of nitrogens with one attached hydrogen (secondary N) is 2. The van der Waals surface area contributed by atoms with Gasteiger partial charge in [-0.2, -0.15) is 0 Å². The third-order valence-corrected chi connectivity index (χ3v) is 7.68. The highest BCUT2D eigenvalue weighted by atomic mass is 19.1. The maximum Gasteiger partial charge on any atom is 0.317 e. The van der Waals surface area contributed by atoms with Crippen LogP contribution in [0, 0.1) is 17.1 Å². The Morgan fingerprint density at radius 3 is 2.62 bits per heavy atom. The molecule has 0 spiro atoms. The van der Waals surface area contributed by atoms with Crippen LogP contribution in [0.4, 0.5) is 4.39 Å². The normalized spacial score (nSPS) is 22.9. The quantitative estimate of drug-likeness (QED) is 0.392. The standard InChI is InChI=1S/C28H34FN5O3/c29-24-4-2-1-3-23(24)26-17-31-11-14-34(26)28(30)21-7-5-20(6-8-21)25-16-22(37-32-25)15-19-9-12-33(13-10-19)18-27(35)36/h1-8,19,22,26,30-31H,9-18H2,(H,35,36). The van der Waals surface area contributed by atoms with Crippen molar-refractivity contribution in [3.8, 4) is 0 Å². The smallest absolute Gasteiger partial charge is 0.317 e. The lowest BCUT2D eigenvalue weighted by atomic mass is 9.89. The minimum absolute atomic E-state index is 0.0476. The topological polar surface area (TPSA) is 101 Å². The Balaban J connectivity index is 1.17. The van der Waals surface area contributed by atoms with Crippen molar-refractivity contribution in [2.45, 2.75) is 37.8 Å². The first-order valence-electron chi connectivity index (χ1n) is 13.1. The maximum atomic E-state index is 14.5. The van der Waals surface area contributed by atoms with Gasteiger partial charge in [0.25, 0.3) is 0 Å². The molecule has 3 heterocycles. The SMILES string of the molecule is N=C(c1ccc(C2=NOC(CC3CCN(CC(=O)O)CC3)C2)cc1)N1CCNCC1c1ccccc1F. The number of hydrogen-bond donors (Lipinski definition) is 3. The Bertz CT molecular complexity index is 1150. The number of aliphatic carboxylic acids is 1. The number of rotatable bonds is 7. The van der Waals surface area contributed by atoms with Crippen LogP contribution in [-0.2, 0) is 9.63 Å². The van der Waals surface area contributed by atoms with Crippen LogP contribution in [0.1, 0.15) is 48.4 Å². The highest BCUT2D eigenvalue weighted by Gasteiger charge is 2.30. The monoisotopic (exact) mass is 507 g/mol. The molecule has 9 heteroatoms. The number of carboxylic acids is 1. The molecule has 5 rings (SSSR count). The second-order valence-electron chi connectivity index (χ2n) is 10.2. The van der Waals surface area contributed by atoms with E-state index in [9.17, 15) is 9.18 Å². The Hall–Kier alpha value is -3.30. The number of amidine groups is 1. The van der Waals surface area contributed by atoms with Gasteiger partial charge < -0.3 is 20.2 Å². The Kier molecular flexibility index (Phi) is 7.81. The van der Waals surface area contributed by atoms with Gasteiger partial charge in [-0.3, -0.25) is 15.1 Å². The van der Waals surface area contributed by atoms with Crippen LogP contribution in [0.5, 0.6) is 0 Å². The molecule has 37 heavy (non-hydrogen) atoms. The van der Waals surface area contributed by atoms with Gasteiger partial charge in [0.05, 0.1) is 18.3 Å². The fourth-order valence-corrected chi connectivity index (χ4v) is 5.65. The molecule has 2 saturated heterocycles. The van der Waals surface area contributed by atoms with Gasteiger partial charge in [0, 0.05) is 37.2 Å². The minimum Gasteiger partial charge on any atom is -0.480 e. The van der Waals surface area contributed by atoms with Gasteiger partial charge in [-0.25, -0.2) is 4.39 Å². The van der Waals surface area contributed by atoms with Crippen LogP contribution in [0.15, 0.2) is 53.7 Å². The highest BCUT2D eigenvalue weighted by Crippen LogP contribution is 2.29. The fourth-order valence-electron chi connectivity index (χ4n) is 5.65. The molecular formula is C28H34FN5O3. The van der Waals surface area contributed by atoms with Crippen molar-refractivity contribution in [2.24, 2.45) is 11.1 Å². The van der Waals surface area contributed by atoms with Crippen molar-refractivity contribution in [3.63, 3.8) is 0 Å². The number of oxime groups is 1. The average Bonchev–Trinajstić information content (AvgIpc) is 3.38. The summed E-state index contributed by atoms with van der Waals surface area (Å²) in [6.45, 7) is 3.73. The lowest BCUT2D eigenvalue weighted by Crippen LogP contribution is -2.49. The molecule has 0 aliphatic carbocycles. The largest absolute Gasteiger partial charge is 0.480 e. The molecule has 0 aromatic heterocycles. The van der Waals surface area contributed by atoms with Crippen LogP contribution < -0.4 is 5.32 Å². The summed E-state index contributed by atoms with van der Waals surface area (Å²) in [4.78, 5) is 20.6. The zero-order valence-electron chi connectivity index (χ0n) is 20.9.